The lowest BCUT2D eigenvalue weighted by Gasteiger charge is -2.28. The first-order valence-electron chi connectivity index (χ1n) is 14.6. The zero-order valence-electron chi connectivity index (χ0n) is 25.9. The van der Waals surface area contributed by atoms with E-state index in [2.05, 4.69) is 118 Å². The van der Waals surface area contributed by atoms with Gasteiger partial charge in [-0.25, -0.2) is 4.99 Å². The van der Waals surface area contributed by atoms with Crippen LogP contribution < -0.4 is 9.47 Å². The van der Waals surface area contributed by atoms with Crippen LogP contribution in [0.4, 0.5) is 5.69 Å². The molecule has 0 atom stereocenters. The van der Waals surface area contributed by atoms with Crippen LogP contribution in [0.25, 0.3) is 5.57 Å². The Labute approximate surface area is 256 Å². The summed E-state index contributed by atoms with van der Waals surface area (Å²) in [6.07, 6.45) is 0. The molecule has 5 aromatic rings. The highest BCUT2D eigenvalue weighted by Crippen LogP contribution is 2.41. The van der Waals surface area contributed by atoms with Crippen molar-refractivity contribution in [2.24, 2.45) is 4.99 Å². The van der Waals surface area contributed by atoms with E-state index in [1.807, 2.05) is 42.5 Å². The lowest BCUT2D eigenvalue weighted by molar-refractivity contribution is 0.411. The van der Waals surface area contributed by atoms with E-state index in [1.165, 1.54) is 11.1 Å². The number of para-hydroxylation sites is 1. The third-order valence-corrected chi connectivity index (χ3v) is 8.42. The highest BCUT2D eigenvalue weighted by molar-refractivity contribution is 6.02. The first-order valence-corrected chi connectivity index (χ1v) is 14.6. The molecule has 0 heterocycles. The Bertz CT molecular complexity index is 1640. The summed E-state index contributed by atoms with van der Waals surface area (Å²) in [7, 11) is 3.41. The van der Waals surface area contributed by atoms with Gasteiger partial charge in [-0.05, 0) is 64.5 Å². The monoisotopic (exact) mass is 565 g/mol. The summed E-state index contributed by atoms with van der Waals surface area (Å²) in [5.74, 6) is 4.92. The molecule has 0 aliphatic carbocycles. The lowest BCUT2D eigenvalue weighted by Crippen LogP contribution is -2.19. The molecule has 43 heavy (non-hydrogen) atoms. The third kappa shape index (κ3) is 6.18. The molecular formula is C40H39NO2. The fourth-order valence-electron chi connectivity index (χ4n) is 5.52. The molecule has 0 unspecified atom stereocenters. The number of ether oxygens (including phenoxy) is 2. The van der Waals surface area contributed by atoms with Crippen LogP contribution in [0.1, 0.15) is 61.1 Å². The van der Waals surface area contributed by atoms with Crippen molar-refractivity contribution in [3.8, 4) is 11.5 Å². The van der Waals surface area contributed by atoms with Gasteiger partial charge in [0.2, 0.25) is 0 Å². The molecule has 216 valence electrons. The van der Waals surface area contributed by atoms with E-state index in [0.717, 1.165) is 45.0 Å². The number of methoxy groups -OCH3 is 2. The van der Waals surface area contributed by atoms with Crippen LogP contribution in [0.3, 0.4) is 0 Å². The summed E-state index contributed by atoms with van der Waals surface area (Å²) in [6, 6.07) is 43.9. The molecule has 0 aliphatic rings. The van der Waals surface area contributed by atoms with E-state index >= 15 is 0 Å². The van der Waals surface area contributed by atoms with E-state index in [1.54, 1.807) is 14.2 Å². The zero-order chi connectivity index (χ0) is 30.5. The van der Waals surface area contributed by atoms with Crippen molar-refractivity contribution in [2.75, 3.05) is 14.2 Å². The van der Waals surface area contributed by atoms with Crippen molar-refractivity contribution in [1.29, 1.82) is 0 Å². The zero-order valence-corrected chi connectivity index (χ0v) is 25.9. The van der Waals surface area contributed by atoms with Crippen LogP contribution in [0, 0.1) is 0 Å². The fraction of sp³-hybridized carbons (Fsp3) is 0.200. The van der Waals surface area contributed by atoms with Gasteiger partial charge in [0.25, 0.3) is 0 Å². The molecule has 0 N–H and O–H groups in total. The third-order valence-electron chi connectivity index (χ3n) is 8.42. The summed E-state index contributed by atoms with van der Waals surface area (Å²) in [6.45, 7) is 9.00. The normalized spacial score (nSPS) is 11.4. The second-order valence-corrected chi connectivity index (χ2v) is 11.7. The average Bonchev–Trinajstić information content (AvgIpc) is 3.06. The Morgan fingerprint density at radius 1 is 0.512 bits per heavy atom. The SMILES string of the molecule is COc1ccc(C(C)(C)c2ccccc2)cc1C(=C=Nc1ccccc1)c1cc(C(C)(C)c2ccccc2)ccc1OC. The molecule has 5 rings (SSSR count). The molecule has 0 saturated carbocycles. The van der Waals surface area contributed by atoms with E-state index in [9.17, 15) is 0 Å². The maximum atomic E-state index is 5.97. The molecule has 5 aromatic carbocycles. The largest absolute Gasteiger partial charge is 0.496 e. The molecule has 3 nitrogen and oxygen atoms in total. The molecule has 0 bridgehead atoms. The lowest BCUT2D eigenvalue weighted by atomic mass is 9.76. The minimum absolute atomic E-state index is 0.245. The van der Waals surface area contributed by atoms with Crippen LogP contribution >= 0.6 is 0 Å². The minimum Gasteiger partial charge on any atom is -0.496 e. The van der Waals surface area contributed by atoms with Crippen molar-refractivity contribution < 1.29 is 9.47 Å². The van der Waals surface area contributed by atoms with Crippen molar-refractivity contribution in [3.63, 3.8) is 0 Å². The molecule has 0 saturated heterocycles. The van der Waals surface area contributed by atoms with Gasteiger partial charge in [0.05, 0.1) is 25.5 Å². The van der Waals surface area contributed by atoms with Crippen LogP contribution in [0.15, 0.2) is 132 Å². The van der Waals surface area contributed by atoms with Crippen LogP contribution in [0.2, 0.25) is 0 Å². The summed E-state index contributed by atoms with van der Waals surface area (Å²) in [5.41, 5.74) is 7.72. The van der Waals surface area contributed by atoms with Gasteiger partial charge in [-0.15, -0.1) is 0 Å². The Kier molecular flexibility index (Phi) is 8.66. The van der Waals surface area contributed by atoms with E-state index < -0.39 is 0 Å². The Balaban J connectivity index is 1.77. The van der Waals surface area contributed by atoms with E-state index in [-0.39, 0.29) is 10.8 Å². The topological polar surface area (TPSA) is 30.8 Å². The number of nitrogens with zero attached hydrogens (tertiary/aromatic N) is 1. The predicted octanol–water partition coefficient (Wildman–Crippen LogP) is 9.79. The Morgan fingerprint density at radius 3 is 1.30 bits per heavy atom. The van der Waals surface area contributed by atoms with Crippen molar-refractivity contribution >= 4 is 17.1 Å². The predicted molar refractivity (Wildman–Crippen MR) is 179 cm³/mol. The average molecular weight is 566 g/mol. The Hall–Kier alpha value is -4.85. The van der Waals surface area contributed by atoms with Crippen molar-refractivity contribution in [1.82, 2.24) is 0 Å². The van der Waals surface area contributed by atoms with Crippen molar-refractivity contribution in [2.45, 2.75) is 38.5 Å². The van der Waals surface area contributed by atoms with Gasteiger partial charge in [-0.3, -0.25) is 0 Å². The number of hydrogen-bond acceptors (Lipinski definition) is 3. The van der Waals surface area contributed by atoms with Gasteiger partial charge in [0.1, 0.15) is 11.5 Å². The van der Waals surface area contributed by atoms with Gasteiger partial charge in [0.15, 0.2) is 0 Å². The quantitative estimate of drug-likeness (QED) is 0.167. The number of rotatable bonds is 9. The summed E-state index contributed by atoms with van der Waals surface area (Å²) in [5, 5.41) is 0. The highest BCUT2D eigenvalue weighted by atomic mass is 16.5. The highest BCUT2D eigenvalue weighted by Gasteiger charge is 2.28. The fourth-order valence-corrected chi connectivity index (χ4v) is 5.52. The standard InChI is InChI=1S/C40H39NO2/c1-39(2,29-16-10-7-11-17-29)31-22-24-37(42-5)34(26-31)36(28-41-33-20-14-9-15-21-33)35-27-32(23-25-38(35)43-6)40(3,4)30-18-12-8-13-19-30/h7-27H,1-6H3. The maximum Gasteiger partial charge on any atom is 0.127 e. The molecule has 3 heteroatoms. The maximum absolute atomic E-state index is 5.97. The van der Waals surface area contributed by atoms with Crippen LogP contribution in [-0.2, 0) is 10.8 Å². The first kappa shape index (κ1) is 29.6. The van der Waals surface area contributed by atoms with Crippen LogP contribution in [-0.4, -0.2) is 20.1 Å². The second-order valence-electron chi connectivity index (χ2n) is 11.7. The molecular weight excluding hydrogens is 526 g/mol. The number of benzene rings is 5. The Morgan fingerprint density at radius 2 is 0.907 bits per heavy atom. The molecule has 0 fully saturated rings. The molecule has 0 amide bonds. The van der Waals surface area contributed by atoms with Crippen molar-refractivity contribution in [3.05, 3.63) is 161 Å². The number of aliphatic imine (C=N–C) groups is 1. The second kappa shape index (κ2) is 12.6. The van der Waals surface area contributed by atoms with Gasteiger partial charge >= 0.3 is 0 Å². The van der Waals surface area contributed by atoms with Gasteiger partial charge in [-0.1, -0.05) is 119 Å². The first-order chi connectivity index (χ1) is 20.8. The molecule has 0 aliphatic heterocycles. The van der Waals surface area contributed by atoms with E-state index in [4.69, 9.17) is 14.5 Å². The minimum atomic E-state index is -0.245. The summed E-state index contributed by atoms with van der Waals surface area (Å²) < 4.78 is 11.9. The van der Waals surface area contributed by atoms with Gasteiger partial charge < -0.3 is 9.47 Å². The van der Waals surface area contributed by atoms with Crippen LogP contribution in [0.5, 0.6) is 11.5 Å². The smallest absolute Gasteiger partial charge is 0.127 e. The summed E-state index contributed by atoms with van der Waals surface area (Å²) >= 11 is 0. The summed E-state index contributed by atoms with van der Waals surface area (Å²) in [4.78, 5) is 4.81. The molecule has 0 spiro atoms. The molecule has 0 radical (unpaired) electrons. The molecule has 0 aromatic heterocycles. The number of hydrogen-bond donors (Lipinski definition) is 0. The van der Waals surface area contributed by atoms with Gasteiger partial charge in [0, 0.05) is 22.0 Å². The van der Waals surface area contributed by atoms with E-state index in [0.29, 0.717) is 0 Å². The van der Waals surface area contributed by atoms with Gasteiger partial charge in [-0.2, -0.15) is 0 Å².